The third kappa shape index (κ3) is 1.28. The number of hydrogen-bond acceptors (Lipinski definition) is 6. The molecule has 0 aliphatic heterocycles. The summed E-state index contributed by atoms with van der Waals surface area (Å²) < 4.78 is 4.77. The van der Waals surface area contributed by atoms with Gasteiger partial charge in [0.25, 0.3) is 11.6 Å². The summed E-state index contributed by atoms with van der Waals surface area (Å²) in [6, 6.07) is 0.0995. The summed E-state index contributed by atoms with van der Waals surface area (Å²) in [7, 11) is 1.40. The van der Waals surface area contributed by atoms with Crippen LogP contribution in [0.4, 0.5) is 0 Å². The first-order valence-corrected chi connectivity index (χ1v) is 3.86. The van der Waals surface area contributed by atoms with E-state index in [1.807, 2.05) is 0 Å². The second kappa shape index (κ2) is 3.02. The lowest BCUT2D eigenvalue weighted by Gasteiger charge is -1.98. The van der Waals surface area contributed by atoms with Crippen molar-refractivity contribution in [3.8, 4) is 6.01 Å². The normalized spacial score (nSPS) is 10.4. The Hall–Kier alpha value is -2.05. The molecule has 0 saturated carbocycles. The van der Waals surface area contributed by atoms with Crippen molar-refractivity contribution in [3.05, 3.63) is 16.2 Å². The van der Waals surface area contributed by atoms with Crippen LogP contribution >= 0.6 is 0 Å². The van der Waals surface area contributed by atoms with Crippen LogP contribution in [0.3, 0.4) is 0 Å². The second-order valence-corrected chi connectivity index (χ2v) is 2.61. The van der Waals surface area contributed by atoms with Crippen molar-refractivity contribution >= 4 is 11.2 Å². The SMILES string of the molecule is COc1nc2nnc(C)nc2c(=O)[nH]1. The molecule has 14 heavy (non-hydrogen) atoms. The zero-order valence-corrected chi connectivity index (χ0v) is 7.61. The third-order valence-electron chi connectivity index (χ3n) is 1.61. The first-order chi connectivity index (χ1) is 6.70. The van der Waals surface area contributed by atoms with Crippen LogP contribution in [-0.2, 0) is 0 Å². The molecule has 0 unspecified atom stereocenters. The Balaban J connectivity index is 2.83. The number of fused-ring (bicyclic) bond motifs is 1. The smallest absolute Gasteiger partial charge is 0.298 e. The Bertz CT molecular complexity index is 535. The van der Waals surface area contributed by atoms with Gasteiger partial charge in [0.1, 0.15) is 5.82 Å². The summed E-state index contributed by atoms with van der Waals surface area (Å²) >= 11 is 0. The summed E-state index contributed by atoms with van der Waals surface area (Å²) in [6.45, 7) is 1.65. The van der Waals surface area contributed by atoms with E-state index in [9.17, 15) is 4.79 Å². The molecule has 2 aromatic rings. The zero-order chi connectivity index (χ0) is 10.1. The molecule has 0 atom stereocenters. The molecule has 72 valence electrons. The fraction of sp³-hybridized carbons (Fsp3) is 0.286. The molecule has 2 aromatic heterocycles. The summed E-state index contributed by atoms with van der Waals surface area (Å²) in [5.41, 5.74) is -0.0423. The predicted molar refractivity (Wildman–Crippen MR) is 47.0 cm³/mol. The Labute approximate surface area is 78.2 Å². The van der Waals surface area contributed by atoms with E-state index >= 15 is 0 Å². The highest BCUT2D eigenvalue weighted by Crippen LogP contribution is 2.03. The van der Waals surface area contributed by atoms with Crippen LogP contribution in [0.1, 0.15) is 5.82 Å². The number of nitrogens with zero attached hydrogens (tertiary/aromatic N) is 4. The fourth-order valence-electron chi connectivity index (χ4n) is 1.01. The van der Waals surface area contributed by atoms with Crippen LogP contribution in [0.5, 0.6) is 6.01 Å². The average molecular weight is 193 g/mol. The van der Waals surface area contributed by atoms with E-state index in [2.05, 4.69) is 25.1 Å². The Morgan fingerprint density at radius 3 is 2.79 bits per heavy atom. The van der Waals surface area contributed by atoms with Crippen LogP contribution < -0.4 is 10.3 Å². The standard InChI is InChI=1S/C7H7N5O2/c1-3-8-4-5(12-11-3)9-7(14-2)10-6(4)13/h1-2H3,(H,9,10,12,13). The van der Waals surface area contributed by atoms with Crippen molar-refractivity contribution < 1.29 is 4.74 Å². The van der Waals surface area contributed by atoms with Crippen LogP contribution in [0.25, 0.3) is 11.2 Å². The van der Waals surface area contributed by atoms with Gasteiger partial charge in [-0.2, -0.15) is 4.98 Å². The summed E-state index contributed by atoms with van der Waals surface area (Å²) in [5.74, 6) is 0.426. The molecule has 7 nitrogen and oxygen atoms in total. The van der Waals surface area contributed by atoms with Gasteiger partial charge in [0.05, 0.1) is 7.11 Å². The van der Waals surface area contributed by atoms with Crippen LogP contribution in [0.2, 0.25) is 0 Å². The minimum Gasteiger partial charge on any atom is -0.468 e. The van der Waals surface area contributed by atoms with Gasteiger partial charge in [-0.3, -0.25) is 9.78 Å². The highest BCUT2D eigenvalue weighted by molar-refractivity contribution is 5.67. The highest BCUT2D eigenvalue weighted by Gasteiger charge is 2.06. The number of rotatable bonds is 1. The number of aryl methyl sites for hydroxylation is 1. The summed E-state index contributed by atoms with van der Waals surface area (Å²) in [6.07, 6.45) is 0. The first kappa shape index (κ1) is 8.54. The van der Waals surface area contributed by atoms with Crippen LogP contribution in [0.15, 0.2) is 4.79 Å². The van der Waals surface area contributed by atoms with Gasteiger partial charge >= 0.3 is 0 Å². The molecule has 0 bridgehead atoms. The molecule has 0 amide bonds. The molecule has 0 fully saturated rings. The molecule has 2 heterocycles. The molecule has 0 saturated heterocycles. The largest absolute Gasteiger partial charge is 0.468 e. The van der Waals surface area contributed by atoms with Gasteiger partial charge in [-0.15, -0.1) is 10.2 Å². The van der Waals surface area contributed by atoms with Crippen molar-refractivity contribution in [2.24, 2.45) is 0 Å². The van der Waals surface area contributed by atoms with Gasteiger partial charge in [-0.1, -0.05) is 0 Å². The predicted octanol–water partition coefficient (Wildman–Crippen LogP) is -0.575. The van der Waals surface area contributed by atoms with E-state index in [0.717, 1.165) is 0 Å². The molecule has 2 rings (SSSR count). The van der Waals surface area contributed by atoms with Crippen molar-refractivity contribution in [3.63, 3.8) is 0 Å². The molecular weight excluding hydrogens is 186 g/mol. The molecule has 1 N–H and O–H groups in total. The number of nitrogens with one attached hydrogen (secondary N) is 1. The van der Waals surface area contributed by atoms with E-state index in [1.54, 1.807) is 6.92 Å². The molecule has 0 spiro atoms. The van der Waals surface area contributed by atoms with Gasteiger partial charge in [-0.25, -0.2) is 4.98 Å². The fourth-order valence-corrected chi connectivity index (χ4v) is 1.01. The van der Waals surface area contributed by atoms with Crippen LogP contribution in [0, 0.1) is 6.92 Å². The molecule has 0 radical (unpaired) electrons. The van der Waals surface area contributed by atoms with E-state index in [1.165, 1.54) is 7.11 Å². The minimum absolute atomic E-state index is 0.0995. The number of aromatic nitrogens is 5. The van der Waals surface area contributed by atoms with E-state index < -0.39 is 0 Å². The number of aromatic amines is 1. The van der Waals surface area contributed by atoms with Crippen molar-refractivity contribution in [2.75, 3.05) is 7.11 Å². The van der Waals surface area contributed by atoms with Gasteiger partial charge in [0.15, 0.2) is 5.52 Å². The van der Waals surface area contributed by atoms with Crippen molar-refractivity contribution in [1.29, 1.82) is 0 Å². The maximum absolute atomic E-state index is 11.4. The van der Waals surface area contributed by atoms with Gasteiger partial charge in [0.2, 0.25) is 5.65 Å². The van der Waals surface area contributed by atoms with Crippen LogP contribution in [-0.4, -0.2) is 32.3 Å². The number of ether oxygens (including phenoxy) is 1. The summed E-state index contributed by atoms with van der Waals surface area (Å²) in [5, 5.41) is 7.42. The average Bonchev–Trinajstić information content (AvgIpc) is 2.19. The molecule has 7 heteroatoms. The lowest BCUT2D eigenvalue weighted by molar-refractivity contribution is 0.380. The first-order valence-electron chi connectivity index (χ1n) is 3.86. The second-order valence-electron chi connectivity index (χ2n) is 2.61. The van der Waals surface area contributed by atoms with E-state index in [4.69, 9.17) is 4.74 Å². The molecule has 0 aliphatic carbocycles. The lowest BCUT2D eigenvalue weighted by Crippen LogP contribution is -2.13. The number of hydrogen-bond donors (Lipinski definition) is 1. The Morgan fingerprint density at radius 2 is 2.07 bits per heavy atom. The number of methoxy groups -OCH3 is 1. The molecule has 0 aliphatic rings. The third-order valence-corrected chi connectivity index (χ3v) is 1.61. The zero-order valence-electron chi connectivity index (χ0n) is 7.61. The topological polar surface area (TPSA) is 93.7 Å². The monoisotopic (exact) mass is 193 g/mol. The Morgan fingerprint density at radius 1 is 1.29 bits per heavy atom. The van der Waals surface area contributed by atoms with Crippen molar-refractivity contribution in [2.45, 2.75) is 6.92 Å². The number of H-pyrrole nitrogens is 1. The molecular formula is C7H7N5O2. The Kier molecular flexibility index (Phi) is 1.84. The highest BCUT2D eigenvalue weighted by atomic mass is 16.5. The van der Waals surface area contributed by atoms with Gasteiger partial charge < -0.3 is 4.74 Å². The maximum Gasteiger partial charge on any atom is 0.298 e. The lowest BCUT2D eigenvalue weighted by atomic mass is 10.5. The van der Waals surface area contributed by atoms with E-state index in [0.29, 0.717) is 5.82 Å². The quantitative estimate of drug-likeness (QED) is 0.651. The van der Waals surface area contributed by atoms with Gasteiger partial charge in [0, 0.05) is 0 Å². The van der Waals surface area contributed by atoms with E-state index in [-0.39, 0.29) is 22.7 Å². The maximum atomic E-state index is 11.4. The minimum atomic E-state index is -0.384. The van der Waals surface area contributed by atoms with Gasteiger partial charge in [-0.05, 0) is 6.92 Å². The molecule has 0 aromatic carbocycles. The van der Waals surface area contributed by atoms with Crippen molar-refractivity contribution in [1.82, 2.24) is 25.1 Å². The summed E-state index contributed by atoms with van der Waals surface area (Å²) in [4.78, 5) is 21.6.